The lowest BCUT2D eigenvalue weighted by molar-refractivity contribution is 0.347. The van der Waals surface area contributed by atoms with Gasteiger partial charge in [-0.1, -0.05) is 20.8 Å². The third-order valence-corrected chi connectivity index (χ3v) is 3.04. The Morgan fingerprint density at radius 2 is 2.13 bits per heavy atom. The Bertz CT molecular complexity index is 274. The second-order valence-electron chi connectivity index (χ2n) is 4.83. The monoisotopic (exact) mass is 208 g/mol. The van der Waals surface area contributed by atoms with E-state index in [-0.39, 0.29) is 0 Å². The molecular formula is C13H24N2. The van der Waals surface area contributed by atoms with E-state index in [1.807, 2.05) is 0 Å². The summed E-state index contributed by atoms with van der Waals surface area (Å²) in [4.78, 5) is 7.20. The maximum absolute atomic E-state index is 4.84. The van der Waals surface area contributed by atoms with Crippen molar-refractivity contribution in [1.29, 1.82) is 0 Å². The normalized spacial score (nSPS) is 20.3. The number of nitrogens with zero attached hydrogens (tertiary/aromatic N) is 2. The van der Waals surface area contributed by atoms with Gasteiger partial charge in [0.15, 0.2) is 0 Å². The minimum atomic E-state index is 0.579. The standard InChI is InChI=1S/C13H24N2/c1-6-12(10(2)3)14-13-7-8-15(5)9-11(13)4/h10H,6-9H2,1-5H3. The Morgan fingerprint density at radius 1 is 1.47 bits per heavy atom. The lowest BCUT2D eigenvalue weighted by Gasteiger charge is -2.24. The van der Waals surface area contributed by atoms with Crippen LogP contribution in [0.4, 0.5) is 0 Å². The minimum absolute atomic E-state index is 0.579. The highest BCUT2D eigenvalue weighted by atomic mass is 15.1. The molecule has 1 aliphatic rings. The molecule has 0 amide bonds. The van der Waals surface area contributed by atoms with Crippen LogP contribution >= 0.6 is 0 Å². The van der Waals surface area contributed by atoms with Crippen molar-refractivity contribution in [2.45, 2.75) is 40.5 Å². The van der Waals surface area contributed by atoms with Crippen LogP contribution in [-0.4, -0.2) is 30.7 Å². The van der Waals surface area contributed by atoms with Gasteiger partial charge in [-0.05, 0) is 31.9 Å². The average molecular weight is 208 g/mol. The fourth-order valence-electron chi connectivity index (χ4n) is 2.03. The molecule has 0 unspecified atom stereocenters. The van der Waals surface area contributed by atoms with E-state index in [1.165, 1.54) is 17.0 Å². The van der Waals surface area contributed by atoms with Crippen LogP contribution in [0.5, 0.6) is 0 Å². The fourth-order valence-corrected chi connectivity index (χ4v) is 2.03. The van der Waals surface area contributed by atoms with Gasteiger partial charge in [-0.25, -0.2) is 0 Å². The molecule has 0 radical (unpaired) electrons. The molecule has 86 valence electrons. The molecule has 0 aromatic rings. The molecule has 2 nitrogen and oxygen atoms in total. The molecule has 0 atom stereocenters. The lowest BCUT2D eigenvalue weighted by Crippen LogP contribution is -2.27. The molecule has 0 N–H and O–H groups in total. The van der Waals surface area contributed by atoms with Gasteiger partial charge in [0.25, 0.3) is 0 Å². The van der Waals surface area contributed by atoms with Crippen molar-refractivity contribution in [3.05, 3.63) is 11.3 Å². The van der Waals surface area contributed by atoms with Crippen LogP contribution in [0.2, 0.25) is 0 Å². The van der Waals surface area contributed by atoms with E-state index in [4.69, 9.17) is 4.99 Å². The molecule has 0 aliphatic carbocycles. The molecule has 0 saturated heterocycles. The van der Waals surface area contributed by atoms with E-state index >= 15 is 0 Å². The maximum Gasteiger partial charge on any atom is 0.0417 e. The van der Waals surface area contributed by atoms with Crippen LogP contribution in [0.25, 0.3) is 0 Å². The second kappa shape index (κ2) is 5.45. The van der Waals surface area contributed by atoms with Gasteiger partial charge in [0, 0.05) is 30.9 Å². The Hall–Kier alpha value is -0.630. The van der Waals surface area contributed by atoms with Gasteiger partial charge in [-0.3, -0.25) is 4.99 Å². The highest BCUT2D eigenvalue weighted by molar-refractivity contribution is 5.86. The lowest BCUT2D eigenvalue weighted by atomic mass is 10.0. The van der Waals surface area contributed by atoms with E-state index in [1.54, 1.807) is 0 Å². The van der Waals surface area contributed by atoms with Crippen molar-refractivity contribution in [3.63, 3.8) is 0 Å². The van der Waals surface area contributed by atoms with Crippen LogP contribution in [0.3, 0.4) is 0 Å². The number of likely N-dealkylation sites (N-methyl/N-ethyl adjacent to an activating group) is 1. The molecule has 0 aromatic carbocycles. The molecule has 0 saturated carbocycles. The van der Waals surface area contributed by atoms with Crippen molar-refractivity contribution in [3.8, 4) is 0 Å². The molecule has 0 spiro atoms. The zero-order chi connectivity index (χ0) is 11.4. The number of aliphatic imine (C=N–C) groups is 1. The largest absolute Gasteiger partial charge is 0.302 e. The van der Waals surface area contributed by atoms with Crippen molar-refractivity contribution < 1.29 is 0 Å². The Kier molecular flexibility index (Phi) is 4.52. The summed E-state index contributed by atoms with van der Waals surface area (Å²) < 4.78 is 0. The topological polar surface area (TPSA) is 15.6 Å². The second-order valence-corrected chi connectivity index (χ2v) is 4.83. The van der Waals surface area contributed by atoms with E-state index in [0.29, 0.717) is 5.92 Å². The summed E-state index contributed by atoms with van der Waals surface area (Å²) in [5.74, 6) is 0.579. The number of hydrogen-bond acceptors (Lipinski definition) is 2. The first-order valence-corrected chi connectivity index (χ1v) is 5.99. The van der Waals surface area contributed by atoms with Crippen LogP contribution in [0, 0.1) is 5.92 Å². The summed E-state index contributed by atoms with van der Waals surface area (Å²) in [6.45, 7) is 11.1. The quantitative estimate of drug-likeness (QED) is 0.651. The molecule has 0 aromatic heterocycles. The average Bonchev–Trinajstić information content (AvgIpc) is 2.16. The molecule has 1 rings (SSSR count). The molecule has 0 fully saturated rings. The highest BCUT2D eigenvalue weighted by Gasteiger charge is 2.13. The third-order valence-electron chi connectivity index (χ3n) is 3.04. The predicted molar refractivity (Wildman–Crippen MR) is 67.4 cm³/mol. The zero-order valence-corrected chi connectivity index (χ0v) is 10.8. The fraction of sp³-hybridized carbons (Fsp3) is 0.769. The van der Waals surface area contributed by atoms with E-state index in [2.05, 4.69) is 39.6 Å². The van der Waals surface area contributed by atoms with Crippen LogP contribution in [-0.2, 0) is 0 Å². The van der Waals surface area contributed by atoms with Crippen molar-refractivity contribution in [2.24, 2.45) is 10.9 Å². The van der Waals surface area contributed by atoms with Gasteiger partial charge in [-0.2, -0.15) is 0 Å². The molecular weight excluding hydrogens is 184 g/mol. The molecule has 1 aliphatic heterocycles. The summed E-state index contributed by atoms with van der Waals surface area (Å²) in [5.41, 5.74) is 4.11. The van der Waals surface area contributed by atoms with Gasteiger partial charge < -0.3 is 4.90 Å². The smallest absolute Gasteiger partial charge is 0.0417 e. The number of rotatable bonds is 3. The van der Waals surface area contributed by atoms with Gasteiger partial charge in [0.05, 0.1) is 0 Å². The van der Waals surface area contributed by atoms with Crippen molar-refractivity contribution in [2.75, 3.05) is 20.1 Å². The van der Waals surface area contributed by atoms with Gasteiger partial charge in [-0.15, -0.1) is 0 Å². The van der Waals surface area contributed by atoms with Crippen LogP contribution < -0.4 is 0 Å². The van der Waals surface area contributed by atoms with Crippen LogP contribution in [0.1, 0.15) is 40.5 Å². The highest BCUT2D eigenvalue weighted by Crippen LogP contribution is 2.19. The van der Waals surface area contributed by atoms with Crippen LogP contribution in [0.15, 0.2) is 16.3 Å². The molecule has 15 heavy (non-hydrogen) atoms. The number of hydrogen-bond donors (Lipinski definition) is 0. The Morgan fingerprint density at radius 3 is 2.60 bits per heavy atom. The van der Waals surface area contributed by atoms with Crippen molar-refractivity contribution in [1.82, 2.24) is 4.90 Å². The van der Waals surface area contributed by atoms with Gasteiger partial charge in [0.2, 0.25) is 0 Å². The first kappa shape index (κ1) is 12.4. The molecule has 2 heteroatoms. The van der Waals surface area contributed by atoms with Crippen molar-refractivity contribution >= 4 is 5.71 Å². The summed E-state index contributed by atoms with van der Waals surface area (Å²) in [6.07, 6.45) is 2.18. The summed E-state index contributed by atoms with van der Waals surface area (Å²) in [7, 11) is 2.17. The van der Waals surface area contributed by atoms with Gasteiger partial charge >= 0.3 is 0 Å². The van der Waals surface area contributed by atoms with E-state index in [0.717, 1.165) is 25.9 Å². The predicted octanol–water partition coefficient (Wildman–Crippen LogP) is 3.10. The zero-order valence-electron chi connectivity index (χ0n) is 10.8. The Labute approximate surface area is 94.1 Å². The molecule has 0 bridgehead atoms. The first-order valence-electron chi connectivity index (χ1n) is 5.99. The summed E-state index contributed by atoms with van der Waals surface area (Å²) in [5, 5.41) is 0. The molecule has 1 heterocycles. The summed E-state index contributed by atoms with van der Waals surface area (Å²) >= 11 is 0. The Balaban J connectivity index is 2.83. The van der Waals surface area contributed by atoms with Gasteiger partial charge in [0.1, 0.15) is 0 Å². The SMILES string of the molecule is CCC(=NC1=C(C)CN(C)CC1)C(C)C. The third kappa shape index (κ3) is 3.45. The van der Waals surface area contributed by atoms with E-state index in [9.17, 15) is 0 Å². The first-order chi connectivity index (χ1) is 7.04. The minimum Gasteiger partial charge on any atom is -0.302 e. The summed E-state index contributed by atoms with van der Waals surface area (Å²) in [6, 6.07) is 0. The van der Waals surface area contributed by atoms with E-state index < -0.39 is 0 Å². The maximum atomic E-state index is 4.84.